The predicted molar refractivity (Wildman–Crippen MR) is 97.5 cm³/mol. The van der Waals surface area contributed by atoms with Crippen molar-refractivity contribution in [3.8, 4) is 0 Å². The molecule has 0 radical (unpaired) electrons. The van der Waals surface area contributed by atoms with Crippen LogP contribution in [-0.2, 0) is 6.42 Å². The third-order valence-corrected chi connectivity index (χ3v) is 4.77. The molecule has 0 saturated carbocycles. The van der Waals surface area contributed by atoms with Gasteiger partial charge in [-0.25, -0.2) is 9.37 Å². The molecule has 0 aliphatic heterocycles. The Balaban J connectivity index is 2.24. The third kappa shape index (κ3) is 6.61. The van der Waals surface area contributed by atoms with Crippen LogP contribution in [0.1, 0.15) is 46.7 Å². The summed E-state index contributed by atoms with van der Waals surface area (Å²) in [5, 5.41) is 0.602. The Hall–Kier alpha value is -1.96. The molecule has 8 heteroatoms. The van der Waals surface area contributed by atoms with E-state index < -0.39 is 24.0 Å². The first-order valence-corrected chi connectivity index (χ1v) is 9.22. The summed E-state index contributed by atoms with van der Waals surface area (Å²) < 4.78 is 51.8. The van der Waals surface area contributed by atoms with E-state index in [2.05, 4.69) is 4.98 Å². The van der Waals surface area contributed by atoms with E-state index in [0.717, 1.165) is 21.8 Å². The van der Waals surface area contributed by atoms with E-state index in [-0.39, 0.29) is 17.2 Å². The van der Waals surface area contributed by atoms with Crippen LogP contribution in [0.2, 0.25) is 0 Å². The first kappa shape index (κ1) is 21.3. The fourth-order valence-electron chi connectivity index (χ4n) is 2.64. The van der Waals surface area contributed by atoms with Crippen molar-refractivity contribution in [2.75, 3.05) is 13.1 Å². The number of thiazole rings is 1. The van der Waals surface area contributed by atoms with E-state index in [1.165, 1.54) is 12.1 Å². The molecule has 0 bridgehead atoms. The molecule has 3 nitrogen and oxygen atoms in total. The van der Waals surface area contributed by atoms with Crippen molar-refractivity contribution in [1.82, 2.24) is 9.88 Å². The number of hydrogen-bond acceptors (Lipinski definition) is 3. The number of nitrogens with zero attached hydrogens (tertiary/aromatic N) is 2. The van der Waals surface area contributed by atoms with E-state index in [1.54, 1.807) is 39.8 Å². The molecule has 1 aromatic heterocycles. The second-order valence-corrected chi connectivity index (χ2v) is 8.75. The molecule has 0 fully saturated rings. The topological polar surface area (TPSA) is 33.2 Å². The number of aromatic nitrogens is 1. The van der Waals surface area contributed by atoms with Crippen LogP contribution < -0.4 is 0 Å². The maximum absolute atomic E-state index is 13.0. The van der Waals surface area contributed by atoms with Crippen molar-refractivity contribution in [3.63, 3.8) is 0 Å². The minimum Gasteiger partial charge on any atom is -0.328 e. The van der Waals surface area contributed by atoms with Crippen molar-refractivity contribution in [1.29, 1.82) is 0 Å². The largest absolute Gasteiger partial charge is 0.406 e. The van der Waals surface area contributed by atoms with Crippen LogP contribution in [0.4, 0.5) is 17.6 Å². The van der Waals surface area contributed by atoms with Gasteiger partial charge in [-0.1, -0.05) is 32.9 Å². The summed E-state index contributed by atoms with van der Waals surface area (Å²) in [5.74, 6) is -1.02. The number of carbonyl (C=O) groups excluding carboxylic acids is 1. The summed E-state index contributed by atoms with van der Waals surface area (Å²) >= 11 is 1.08. The average Bonchev–Trinajstić information content (AvgIpc) is 2.86. The number of amides is 1. The highest BCUT2D eigenvalue weighted by Crippen LogP contribution is 2.27. The molecule has 1 heterocycles. The molecule has 2 aromatic rings. The molecule has 0 unspecified atom stereocenters. The fraction of sp³-hybridized carbons (Fsp3) is 0.474. The normalized spacial score (nSPS) is 12.3. The molecule has 0 atom stereocenters. The molecule has 1 aromatic carbocycles. The number of alkyl halides is 3. The summed E-state index contributed by atoms with van der Waals surface area (Å²) in [6.45, 7) is 5.64. The Morgan fingerprint density at radius 3 is 2.22 bits per heavy atom. The molecule has 148 valence electrons. The highest BCUT2D eigenvalue weighted by Gasteiger charge is 2.36. The molecular weight excluding hydrogens is 380 g/mol. The zero-order chi connectivity index (χ0) is 20.4. The number of benzene rings is 1. The van der Waals surface area contributed by atoms with Crippen LogP contribution in [0.5, 0.6) is 0 Å². The molecule has 0 aliphatic carbocycles. The number of rotatable bonds is 5. The summed E-state index contributed by atoms with van der Waals surface area (Å²) in [4.78, 5) is 18.1. The standard InChI is InChI=1S/C19H22F4N2OS/c1-12-16(17(26)25(10-18(2,3)4)11-19(21,22)23)27-15(24-12)9-13-5-7-14(20)8-6-13/h5-8H,9-11H2,1-4H3. The van der Waals surface area contributed by atoms with E-state index in [1.807, 2.05) is 0 Å². The van der Waals surface area contributed by atoms with Crippen molar-refractivity contribution < 1.29 is 22.4 Å². The summed E-state index contributed by atoms with van der Waals surface area (Å²) in [6.07, 6.45) is -4.09. The van der Waals surface area contributed by atoms with Gasteiger partial charge < -0.3 is 4.90 Å². The van der Waals surface area contributed by atoms with Gasteiger partial charge in [0.05, 0.1) is 10.7 Å². The van der Waals surface area contributed by atoms with Crippen LogP contribution in [0.25, 0.3) is 0 Å². The smallest absolute Gasteiger partial charge is 0.328 e. The van der Waals surface area contributed by atoms with Gasteiger partial charge in [0.15, 0.2) is 0 Å². The second-order valence-electron chi connectivity index (χ2n) is 7.66. The molecule has 0 saturated heterocycles. The zero-order valence-corrected chi connectivity index (χ0v) is 16.5. The predicted octanol–water partition coefficient (Wildman–Crippen LogP) is 5.23. The summed E-state index contributed by atoms with van der Waals surface area (Å²) in [5.41, 5.74) is 0.741. The molecule has 27 heavy (non-hydrogen) atoms. The third-order valence-electron chi connectivity index (χ3n) is 3.63. The Labute approximate surface area is 160 Å². The lowest BCUT2D eigenvalue weighted by molar-refractivity contribution is -0.142. The Kier molecular flexibility index (Phi) is 6.29. The lowest BCUT2D eigenvalue weighted by Gasteiger charge is -2.30. The van der Waals surface area contributed by atoms with E-state index in [4.69, 9.17) is 0 Å². The van der Waals surface area contributed by atoms with Gasteiger partial charge in [0.1, 0.15) is 17.2 Å². The summed E-state index contributed by atoms with van der Waals surface area (Å²) in [7, 11) is 0. The van der Waals surface area contributed by atoms with Crippen LogP contribution in [0.15, 0.2) is 24.3 Å². The fourth-order valence-corrected chi connectivity index (χ4v) is 3.70. The van der Waals surface area contributed by atoms with E-state index in [9.17, 15) is 22.4 Å². The van der Waals surface area contributed by atoms with E-state index in [0.29, 0.717) is 17.1 Å². The molecule has 2 rings (SSSR count). The Morgan fingerprint density at radius 2 is 1.70 bits per heavy atom. The Morgan fingerprint density at radius 1 is 1.11 bits per heavy atom. The van der Waals surface area contributed by atoms with Gasteiger partial charge in [-0.2, -0.15) is 13.2 Å². The van der Waals surface area contributed by atoms with Gasteiger partial charge in [0, 0.05) is 13.0 Å². The highest BCUT2D eigenvalue weighted by atomic mass is 32.1. The van der Waals surface area contributed by atoms with Crippen molar-refractivity contribution >= 4 is 17.2 Å². The average molecular weight is 402 g/mol. The van der Waals surface area contributed by atoms with Crippen LogP contribution in [0, 0.1) is 18.2 Å². The van der Waals surface area contributed by atoms with Crippen LogP contribution in [-0.4, -0.2) is 35.1 Å². The maximum atomic E-state index is 13.0. The van der Waals surface area contributed by atoms with Crippen LogP contribution in [0.3, 0.4) is 0 Å². The van der Waals surface area contributed by atoms with Gasteiger partial charge in [0.2, 0.25) is 0 Å². The van der Waals surface area contributed by atoms with Gasteiger partial charge >= 0.3 is 6.18 Å². The minimum atomic E-state index is -4.48. The number of aryl methyl sites for hydroxylation is 1. The SMILES string of the molecule is Cc1nc(Cc2ccc(F)cc2)sc1C(=O)N(CC(C)(C)C)CC(F)(F)F. The summed E-state index contributed by atoms with van der Waals surface area (Å²) in [6, 6.07) is 5.89. The number of carbonyl (C=O) groups is 1. The number of hydrogen-bond donors (Lipinski definition) is 0. The van der Waals surface area contributed by atoms with Gasteiger partial charge in [-0.3, -0.25) is 4.79 Å². The monoisotopic (exact) mass is 402 g/mol. The van der Waals surface area contributed by atoms with Crippen molar-refractivity contribution in [2.24, 2.45) is 5.41 Å². The molecule has 0 N–H and O–H groups in total. The van der Waals surface area contributed by atoms with Crippen molar-refractivity contribution in [3.05, 3.63) is 51.2 Å². The number of halogens is 4. The molecule has 0 spiro atoms. The highest BCUT2D eigenvalue weighted by molar-refractivity contribution is 7.13. The van der Waals surface area contributed by atoms with Crippen LogP contribution >= 0.6 is 11.3 Å². The zero-order valence-electron chi connectivity index (χ0n) is 15.7. The Bertz CT molecular complexity index is 776. The van der Waals surface area contributed by atoms with Gasteiger partial charge in [-0.05, 0) is 30.0 Å². The quantitative estimate of drug-likeness (QED) is 0.642. The lowest BCUT2D eigenvalue weighted by Crippen LogP contribution is -2.43. The first-order chi connectivity index (χ1) is 12.3. The maximum Gasteiger partial charge on any atom is 0.406 e. The second kappa shape index (κ2) is 7.96. The van der Waals surface area contributed by atoms with E-state index >= 15 is 0 Å². The molecule has 0 aliphatic rings. The minimum absolute atomic E-state index is 0.0179. The molecule has 1 amide bonds. The van der Waals surface area contributed by atoms with Crippen molar-refractivity contribution in [2.45, 2.75) is 40.3 Å². The lowest BCUT2D eigenvalue weighted by atomic mass is 9.96. The van der Waals surface area contributed by atoms with Gasteiger partial charge in [0.25, 0.3) is 5.91 Å². The first-order valence-electron chi connectivity index (χ1n) is 8.41. The molecular formula is C19H22F4N2OS. The van der Waals surface area contributed by atoms with Gasteiger partial charge in [-0.15, -0.1) is 11.3 Å².